The molecule has 0 saturated heterocycles. The van der Waals surface area contributed by atoms with Crippen LogP contribution in [-0.2, 0) is 0 Å². The standard InChI is InChI=1S/C16H14N4O2/c1-22-13-6-2-5-12(11-13)16(21)19-14-7-3-8-17-15(14)20-10-4-9-18-20/h2-11H,1H3,(H,19,21). The molecule has 0 unspecified atom stereocenters. The number of hydrogen-bond acceptors (Lipinski definition) is 4. The van der Waals surface area contributed by atoms with Gasteiger partial charge in [-0.15, -0.1) is 0 Å². The summed E-state index contributed by atoms with van der Waals surface area (Å²) < 4.78 is 6.73. The van der Waals surface area contributed by atoms with E-state index < -0.39 is 0 Å². The molecular formula is C16H14N4O2. The summed E-state index contributed by atoms with van der Waals surface area (Å²) in [6.45, 7) is 0. The Morgan fingerprint density at radius 3 is 2.86 bits per heavy atom. The second-order valence-electron chi connectivity index (χ2n) is 4.51. The average molecular weight is 294 g/mol. The van der Waals surface area contributed by atoms with Crippen molar-refractivity contribution < 1.29 is 9.53 Å². The lowest BCUT2D eigenvalue weighted by Crippen LogP contribution is -2.14. The molecule has 0 atom stereocenters. The largest absolute Gasteiger partial charge is 0.497 e. The molecule has 3 rings (SSSR count). The number of nitrogens with zero attached hydrogens (tertiary/aromatic N) is 3. The molecule has 1 aromatic carbocycles. The van der Waals surface area contributed by atoms with Crippen molar-refractivity contribution in [3.63, 3.8) is 0 Å². The van der Waals surface area contributed by atoms with Crippen LogP contribution >= 0.6 is 0 Å². The topological polar surface area (TPSA) is 69.0 Å². The summed E-state index contributed by atoms with van der Waals surface area (Å²) in [7, 11) is 1.56. The minimum Gasteiger partial charge on any atom is -0.497 e. The number of methoxy groups -OCH3 is 1. The molecule has 0 aliphatic rings. The van der Waals surface area contributed by atoms with Gasteiger partial charge in [0.1, 0.15) is 5.75 Å². The van der Waals surface area contributed by atoms with Crippen LogP contribution in [-0.4, -0.2) is 27.8 Å². The van der Waals surface area contributed by atoms with Gasteiger partial charge in [0.25, 0.3) is 5.91 Å². The fourth-order valence-electron chi connectivity index (χ4n) is 2.03. The van der Waals surface area contributed by atoms with Gasteiger partial charge in [-0.2, -0.15) is 5.10 Å². The van der Waals surface area contributed by atoms with E-state index in [9.17, 15) is 4.79 Å². The summed E-state index contributed by atoms with van der Waals surface area (Å²) in [4.78, 5) is 16.6. The quantitative estimate of drug-likeness (QED) is 0.802. The first kappa shape index (κ1) is 13.8. The van der Waals surface area contributed by atoms with Crippen molar-refractivity contribution in [2.45, 2.75) is 0 Å². The second-order valence-corrected chi connectivity index (χ2v) is 4.51. The lowest BCUT2D eigenvalue weighted by Gasteiger charge is -2.10. The predicted octanol–water partition coefficient (Wildman–Crippen LogP) is 2.53. The van der Waals surface area contributed by atoms with Crippen LogP contribution in [0.4, 0.5) is 5.69 Å². The van der Waals surface area contributed by atoms with Gasteiger partial charge in [-0.3, -0.25) is 4.79 Å². The van der Waals surface area contributed by atoms with Gasteiger partial charge in [0, 0.05) is 24.2 Å². The zero-order chi connectivity index (χ0) is 15.4. The Labute approximate surface area is 127 Å². The number of nitrogens with one attached hydrogen (secondary N) is 1. The third-order valence-corrected chi connectivity index (χ3v) is 3.09. The molecule has 2 heterocycles. The van der Waals surface area contributed by atoms with Gasteiger partial charge in [0.15, 0.2) is 5.82 Å². The maximum Gasteiger partial charge on any atom is 0.255 e. The van der Waals surface area contributed by atoms with Crippen molar-refractivity contribution in [1.29, 1.82) is 0 Å². The van der Waals surface area contributed by atoms with Crippen molar-refractivity contribution >= 4 is 11.6 Å². The van der Waals surface area contributed by atoms with Crippen LogP contribution in [0.2, 0.25) is 0 Å². The number of hydrogen-bond donors (Lipinski definition) is 1. The van der Waals surface area contributed by atoms with E-state index in [0.717, 1.165) is 0 Å². The molecule has 6 heteroatoms. The van der Waals surface area contributed by atoms with Gasteiger partial charge in [0.2, 0.25) is 0 Å². The van der Waals surface area contributed by atoms with Crippen LogP contribution in [0.1, 0.15) is 10.4 Å². The smallest absolute Gasteiger partial charge is 0.255 e. The van der Waals surface area contributed by atoms with Gasteiger partial charge < -0.3 is 10.1 Å². The molecule has 1 N–H and O–H groups in total. The first-order valence-electron chi connectivity index (χ1n) is 6.68. The van der Waals surface area contributed by atoms with Crippen molar-refractivity contribution in [3.05, 3.63) is 66.6 Å². The van der Waals surface area contributed by atoms with E-state index >= 15 is 0 Å². The average Bonchev–Trinajstić information content (AvgIpc) is 3.09. The molecule has 22 heavy (non-hydrogen) atoms. The number of amides is 1. The summed E-state index contributed by atoms with van der Waals surface area (Å²) >= 11 is 0. The molecule has 0 aliphatic carbocycles. The monoisotopic (exact) mass is 294 g/mol. The third-order valence-electron chi connectivity index (χ3n) is 3.09. The van der Waals surface area contributed by atoms with E-state index in [0.29, 0.717) is 22.8 Å². The van der Waals surface area contributed by atoms with Gasteiger partial charge in [-0.25, -0.2) is 9.67 Å². The SMILES string of the molecule is COc1cccc(C(=O)Nc2cccnc2-n2cccn2)c1. The minimum absolute atomic E-state index is 0.236. The first-order chi connectivity index (χ1) is 10.8. The Balaban J connectivity index is 1.88. The number of benzene rings is 1. The number of carbonyl (C=O) groups is 1. The Bertz CT molecular complexity index is 784. The summed E-state index contributed by atoms with van der Waals surface area (Å²) in [6, 6.07) is 12.3. The van der Waals surface area contributed by atoms with E-state index in [1.54, 1.807) is 72.8 Å². The molecule has 6 nitrogen and oxygen atoms in total. The Hall–Kier alpha value is -3.15. The zero-order valence-corrected chi connectivity index (χ0v) is 11.9. The Kier molecular flexibility index (Phi) is 3.82. The zero-order valence-electron chi connectivity index (χ0n) is 11.9. The fourth-order valence-corrected chi connectivity index (χ4v) is 2.03. The number of aromatic nitrogens is 3. The van der Waals surface area contributed by atoms with Crippen molar-refractivity contribution in [1.82, 2.24) is 14.8 Å². The predicted molar refractivity (Wildman–Crippen MR) is 82.3 cm³/mol. The lowest BCUT2D eigenvalue weighted by molar-refractivity contribution is 0.102. The van der Waals surface area contributed by atoms with Gasteiger partial charge >= 0.3 is 0 Å². The third kappa shape index (κ3) is 2.80. The van der Waals surface area contributed by atoms with Crippen LogP contribution in [0.5, 0.6) is 5.75 Å². The molecule has 0 fully saturated rings. The summed E-state index contributed by atoms with van der Waals surface area (Å²) in [5.74, 6) is 0.954. The highest BCUT2D eigenvalue weighted by Gasteiger charge is 2.11. The summed E-state index contributed by atoms with van der Waals surface area (Å²) in [6.07, 6.45) is 5.07. The molecule has 0 bridgehead atoms. The van der Waals surface area contributed by atoms with Crippen LogP contribution in [0, 0.1) is 0 Å². The van der Waals surface area contributed by atoms with Crippen molar-refractivity contribution in [2.75, 3.05) is 12.4 Å². The maximum atomic E-state index is 12.4. The normalized spacial score (nSPS) is 10.2. The molecule has 1 amide bonds. The van der Waals surface area contributed by atoms with E-state index in [-0.39, 0.29) is 5.91 Å². The number of rotatable bonds is 4. The molecule has 110 valence electrons. The van der Waals surface area contributed by atoms with E-state index in [1.807, 2.05) is 0 Å². The molecule has 0 spiro atoms. The summed E-state index contributed by atoms with van der Waals surface area (Å²) in [5, 5.41) is 6.99. The number of anilines is 1. The fraction of sp³-hybridized carbons (Fsp3) is 0.0625. The lowest BCUT2D eigenvalue weighted by atomic mass is 10.2. The molecule has 3 aromatic rings. The van der Waals surface area contributed by atoms with Gasteiger partial charge in [-0.1, -0.05) is 6.07 Å². The van der Waals surface area contributed by atoms with Gasteiger partial charge in [0.05, 0.1) is 12.8 Å². The van der Waals surface area contributed by atoms with E-state index in [1.165, 1.54) is 0 Å². The summed E-state index contributed by atoms with van der Waals surface area (Å²) in [5.41, 5.74) is 1.09. The first-order valence-corrected chi connectivity index (χ1v) is 6.68. The van der Waals surface area contributed by atoms with Crippen molar-refractivity contribution in [3.8, 4) is 11.6 Å². The molecule has 0 aliphatic heterocycles. The van der Waals surface area contributed by atoms with Crippen LogP contribution in [0.3, 0.4) is 0 Å². The van der Waals surface area contributed by atoms with Crippen LogP contribution in [0.25, 0.3) is 5.82 Å². The molecule has 2 aromatic heterocycles. The number of carbonyl (C=O) groups excluding carboxylic acids is 1. The van der Waals surface area contributed by atoms with Crippen molar-refractivity contribution in [2.24, 2.45) is 0 Å². The maximum absolute atomic E-state index is 12.4. The molecular weight excluding hydrogens is 280 g/mol. The number of ether oxygens (including phenoxy) is 1. The highest BCUT2D eigenvalue weighted by molar-refractivity contribution is 6.05. The second kappa shape index (κ2) is 6.09. The highest BCUT2D eigenvalue weighted by Crippen LogP contribution is 2.18. The molecule has 0 saturated carbocycles. The molecule has 0 radical (unpaired) electrons. The van der Waals surface area contributed by atoms with E-state index in [4.69, 9.17) is 4.74 Å². The van der Waals surface area contributed by atoms with E-state index in [2.05, 4.69) is 15.4 Å². The van der Waals surface area contributed by atoms with Gasteiger partial charge in [-0.05, 0) is 36.4 Å². The number of pyridine rings is 1. The van der Waals surface area contributed by atoms with Crippen LogP contribution in [0.15, 0.2) is 61.1 Å². The Morgan fingerprint density at radius 2 is 2.09 bits per heavy atom. The Morgan fingerprint density at radius 1 is 1.18 bits per heavy atom. The highest BCUT2D eigenvalue weighted by atomic mass is 16.5. The minimum atomic E-state index is -0.236. The van der Waals surface area contributed by atoms with Crippen LogP contribution < -0.4 is 10.1 Å².